The minimum Gasteiger partial charge on any atom is -0.444 e. The van der Waals surface area contributed by atoms with Gasteiger partial charge in [0.2, 0.25) is 5.89 Å². The Balaban J connectivity index is 2.06. The highest BCUT2D eigenvalue weighted by atomic mass is 32.2. The summed E-state index contributed by atoms with van der Waals surface area (Å²) in [6.45, 7) is 8.91. The highest BCUT2D eigenvalue weighted by molar-refractivity contribution is 8.00. The Morgan fingerprint density at radius 1 is 1.26 bits per heavy atom. The Morgan fingerprint density at radius 2 is 2.00 bits per heavy atom. The van der Waals surface area contributed by atoms with E-state index >= 15 is 0 Å². The van der Waals surface area contributed by atoms with Crippen molar-refractivity contribution in [2.45, 2.75) is 44.4 Å². The summed E-state index contributed by atoms with van der Waals surface area (Å²) in [4.78, 5) is 5.64. The molecule has 0 aliphatic heterocycles. The molecule has 0 bridgehead atoms. The van der Waals surface area contributed by atoms with Gasteiger partial charge in [0.15, 0.2) is 0 Å². The molecule has 0 saturated carbocycles. The minimum absolute atomic E-state index is 0.564. The van der Waals surface area contributed by atoms with E-state index in [2.05, 4.69) is 42.3 Å². The normalized spacial score (nSPS) is 11.0. The van der Waals surface area contributed by atoms with Gasteiger partial charge in [0.05, 0.1) is 12.2 Å². The number of aryl methyl sites for hydroxylation is 2. The molecule has 0 saturated heterocycles. The Hall–Kier alpha value is -1.42. The monoisotopic (exact) mass is 276 g/mol. The summed E-state index contributed by atoms with van der Waals surface area (Å²) < 4.78 is 5.58. The summed E-state index contributed by atoms with van der Waals surface area (Å²) in [6, 6.07) is 8.33. The zero-order chi connectivity index (χ0) is 13.8. The fourth-order valence-electron chi connectivity index (χ4n) is 1.76. The second-order valence-corrected chi connectivity index (χ2v) is 6.38. The zero-order valence-electron chi connectivity index (χ0n) is 11.9. The molecular formula is C15H20N2OS. The van der Waals surface area contributed by atoms with Crippen LogP contribution in [0.5, 0.6) is 0 Å². The third kappa shape index (κ3) is 3.77. The molecular weight excluding hydrogens is 256 g/mol. The van der Waals surface area contributed by atoms with Crippen LogP contribution in [0.3, 0.4) is 0 Å². The topological polar surface area (TPSA) is 38.1 Å². The van der Waals surface area contributed by atoms with Crippen LogP contribution in [0.2, 0.25) is 0 Å². The number of rotatable bonds is 5. The number of anilines is 1. The molecule has 0 amide bonds. The van der Waals surface area contributed by atoms with Crippen molar-refractivity contribution in [3.05, 3.63) is 41.6 Å². The average molecular weight is 276 g/mol. The lowest BCUT2D eigenvalue weighted by Crippen LogP contribution is -2.01. The van der Waals surface area contributed by atoms with E-state index in [4.69, 9.17) is 4.42 Å². The first-order valence-electron chi connectivity index (χ1n) is 6.48. The van der Waals surface area contributed by atoms with E-state index in [1.165, 1.54) is 4.90 Å². The van der Waals surface area contributed by atoms with Gasteiger partial charge in [-0.3, -0.25) is 0 Å². The lowest BCUT2D eigenvalue weighted by atomic mass is 10.3. The van der Waals surface area contributed by atoms with Crippen LogP contribution in [0.15, 0.2) is 33.6 Å². The van der Waals surface area contributed by atoms with Gasteiger partial charge in [0, 0.05) is 15.8 Å². The van der Waals surface area contributed by atoms with Crippen LogP contribution in [0.1, 0.15) is 31.2 Å². The predicted molar refractivity (Wildman–Crippen MR) is 80.7 cm³/mol. The minimum atomic E-state index is 0.564. The van der Waals surface area contributed by atoms with E-state index in [9.17, 15) is 0 Å². The molecule has 2 rings (SSSR count). The van der Waals surface area contributed by atoms with E-state index in [-0.39, 0.29) is 0 Å². The molecule has 0 aliphatic rings. The average Bonchev–Trinajstić information content (AvgIpc) is 2.67. The molecule has 0 radical (unpaired) electrons. The largest absolute Gasteiger partial charge is 0.444 e. The van der Waals surface area contributed by atoms with Crippen molar-refractivity contribution in [2.75, 3.05) is 5.32 Å². The first-order valence-corrected chi connectivity index (χ1v) is 7.36. The fourth-order valence-corrected chi connectivity index (χ4v) is 2.69. The van der Waals surface area contributed by atoms with Crippen molar-refractivity contribution < 1.29 is 4.42 Å². The van der Waals surface area contributed by atoms with E-state index in [1.807, 2.05) is 31.7 Å². The maximum atomic E-state index is 5.58. The molecule has 19 heavy (non-hydrogen) atoms. The van der Waals surface area contributed by atoms with Gasteiger partial charge in [0.1, 0.15) is 5.76 Å². The molecule has 4 heteroatoms. The fraction of sp³-hybridized carbons (Fsp3) is 0.400. The van der Waals surface area contributed by atoms with E-state index in [0.29, 0.717) is 11.8 Å². The van der Waals surface area contributed by atoms with Gasteiger partial charge in [-0.1, -0.05) is 26.0 Å². The quantitative estimate of drug-likeness (QED) is 0.821. The molecule has 0 fully saturated rings. The highest BCUT2D eigenvalue weighted by Crippen LogP contribution is 2.30. The molecule has 102 valence electrons. The van der Waals surface area contributed by atoms with Crippen molar-refractivity contribution in [3.8, 4) is 0 Å². The first-order chi connectivity index (χ1) is 9.06. The summed E-state index contributed by atoms with van der Waals surface area (Å²) in [5.74, 6) is 1.63. The standard InChI is InChI=1S/C15H20N2OS/c1-10(2)19-14-8-6-5-7-13(14)16-9-15-17-11(3)12(4)18-15/h5-8,10,16H,9H2,1-4H3. The number of para-hydroxylation sites is 1. The van der Waals surface area contributed by atoms with E-state index < -0.39 is 0 Å². The zero-order valence-corrected chi connectivity index (χ0v) is 12.7. The molecule has 0 unspecified atom stereocenters. The Kier molecular flexibility index (Phi) is 4.53. The summed E-state index contributed by atoms with van der Waals surface area (Å²) in [5, 5.41) is 3.96. The molecule has 0 spiro atoms. The molecule has 0 atom stereocenters. The van der Waals surface area contributed by atoms with Gasteiger partial charge in [-0.05, 0) is 26.0 Å². The second kappa shape index (κ2) is 6.15. The molecule has 1 aromatic heterocycles. The number of oxazole rings is 1. The van der Waals surface area contributed by atoms with Crippen LogP contribution in [0.4, 0.5) is 5.69 Å². The molecule has 1 heterocycles. The predicted octanol–water partition coefficient (Wildman–Crippen LogP) is 4.40. The molecule has 3 nitrogen and oxygen atoms in total. The number of benzene rings is 1. The van der Waals surface area contributed by atoms with Crippen LogP contribution in [0, 0.1) is 13.8 Å². The maximum Gasteiger partial charge on any atom is 0.213 e. The van der Waals surface area contributed by atoms with Gasteiger partial charge in [-0.15, -0.1) is 11.8 Å². The van der Waals surface area contributed by atoms with Crippen LogP contribution in [-0.4, -0.2) is 10.2 Å². The summed E-state index contributed by atoms with van der Waals surface area (Å²) in [7, 11) is 0. The number of nitrogens with zero attached hydrogens (tertiary/aromatic N) is 1. The van der Waals surface area contributed by atoms with Gasteiger partial charge < -0.3 is 9.73 Å². The lowest BCUT2D eigenvalue weighted by molar-refractivity contribution is 0.478. The molecule has 2 aromatic rings. The number of aromatic nitrogens is 1. The number of thioether (sulfide) groups is 1. The number of nitrogens with one attached hydrogen (secondary N) is 1. The summed E-state index contributed by atoms with van der Waals surface area (Å²) in [6.07, 6.45) is 0. The molecule has 1 N–H and O–H groups in total. The Bertz CT molecular complexity index is 529. The van der Waals surface area contributed by atoms with Crippen molar-refractivity contribution in [1.29, 1.82) is 0 Å². The Morgan fingerprint density at radius 3 is 2.63 bits per heavy atom. The summed E-state index contributed by atoms with van der Waals surface area (Å²) in [5.41, 5.74) is 2.09. The maximum absolute atomic E-state index is 5.58. The third-order valence-electron chi connectivity index (χ3n) is 2.75. The Labute approximate surface area is 118 Å². The van der Waals surface area contributed by atoms with Crippen LogP contribution >= 0.6 is 11.8 Å². The smallest absolute Gasteiger partial charge is 0.213 e. The first kappa shape index (κ1) is 14.0. The van der Waals surface area contributed by atoms with E-state index in [0.717, 1.165) is 23.0 Å². The van der Waals surface area contributed by atoms with Crippen LogP contribution < -0.4 is 5.32 Å². The molecule has 1 aromatic carbocycles. The van der Waals surface area contributed by atoms with Crippen molar-refractivity contribution >= 4 is 17.4 Å². The van der Waals surface area contributed by atoms with Crippen LogP contribution in [-0.2, 0) is 6.54 Å². The van der Waals surface area contributed by atoms with E-state index in [1.54, 1.807) is 0 Å². The van der Waals surface area contributed by atoms with Crippen LogP contribution in [0.25, 0.3) is 0 Å². The van der Waals surface area contributed by atoms with Gasteiger partial charge in [-0.2, -0.15) is 0 Å². The number of hydrogen-bond acceptors (Lipinski definition) is 4. The highest BCUT2D eigenvalue weighted by Gasteiger charge is 2.08. The molecule has 0 aliphatic carbocycles. The van der Waals surface area contributed by atoms with Gasteiger partial charge in [0.25, 0.3) is 0 Å². The second-order valence-electron chi connectivity index (χ2n) is 4.77. The van der Waals surface area contributed by atoms with Gasteiger partial charge >= 0.3 is 0 Å². The lowest BCUT2D eigenvalue weighted by Gasteiger charge is -2.12. The third-order valence-corrected chi connectivity index (χ3v) is 3.83. The van der Waals surface area contributed by atoms with Crippen molar-refractivity contribution in [1.82, 2.24) is 4.98 Å². The SMILES string of the molecule is Cc1nc(CNc2ccccc2SC(C)C)oc1C. The van der Waals surface area contributed by atoms with Crippen molar-refractivity contribution in [3.63, 3.8) is 0 Å². The van der Waals surface area contributed by atoms with Crippen molar-refractivity contribution in [2.24, 2.45) is 0 Å². The summed E-state index contributed by atoms with van der Waals surface area (Å²) >= 11 is 1.86. The number of hydrogen-bond donors (Lipinski definition) is 1. The van der Waals surface area contributed by atoms with Gasteiger partial charge in [-0.25, -0.2) is 4.98 Å².